The zero-order chi connectivity index (χ0) is 48.4. The molecule has 3 saturated heterocycles. The second-order valence-electron chi connectivity index (χ2n) is 20.3. The number of aliphatic carboxylic acids is 1. The number of ether oxygens (including phenoxy) is 2. The predicted molar refractivity (Wildman–Crippen MR) is 255 cm³/mol. The van der Waals surface area contributed by atoms with E-state index in [1.807, 2.05) is 45.2 Å². The van der Waals surface area contributed by atoms with E-state index < -0.39 is 47.5 Å². The molecule has 67 heavy (non-hydrogen) atoms. The number of anilines is 1. The molecule has 3 aliphatic heterocycles. The molecule has 0 aliphatic carbocycles. The highest BCUT2D eigenvalue weighted by molar-refractivity contribution is 5.96. The third-order valence-electron chi connectivity index (χ3n) is 13.4. The molecule has 0 bridgehead atoms. The summed E-state index contributed by atoms with van der Waals surface area (Å²) in [5.41, 5.74) is 8.23. The summed E-state index contributed by atoms with van der Waals surface area (Å²) in [5, 5.41) is 25.1. The van der Waals surface area contributed by atoms with Crippen LogP contribution in [0.25, 0.3) is 33.3 Å². The van der Waals surface area contributed by atoms with Crippen LogP contribution in [-0.4, -0.2) is 118 Å². The standard InChI is InChI=1S/C51H69F2N7O7/c1-9-59-43-16-15-33(34-21-32(22-35(24-34)46(52)53)23-42(55-49(65)67-50(3,4)5)47(62)60-18-12-14-41(56-60)48(63)64)25-38(43)40(27-51(6,7)30-61)45(59)39-26-37(28-54-44(39)31(2)66-8)58-20-19-57-17-11-10-13-36(57)29-58/h15-16,21-22,24-26,28,31,36,41-42,46,56,61H,9-14,17-20,23,27,29-30H2,1-8H3,(H,55,65)(H,63,64)/t31-,36?,41?,42?/m0/s1. The van der Waals surface area contributed by atoms with Gasteiger partial charge >= 0.3 is 12.1 Å². The largest absolute Gasteiger partial charge is 0.480 e. The molecule has 4 aromatic rings. The Morgan fingerprint density at radius 1 is 0.970 bits per heavy atom. The van der Waals surface area contributed by atoms with E-state index >= 15 is 0 Å². The Bertz CT molecular complexity index is 2430. The van der Waals surface area contributed by atoms with Crippen molar-refractivity contribution >= 4 is 34.6 Å². The van der Waals surface area contributed by atoms with Crippen molar-refractivity contribution in [3.05, 3.63) is 71.0 Å². The highest BCUT2D eigenvalue weighted by Gasteiger charge is 2.35. The van der Waals surface area contributed by atoms with E-state index in [4.69, 9.17) is 14.5 Å². The summed E-state index contributed by atoms with van der Waals surface area (Å²) in [5.74, 6) is -1.74. The molecule has 3 unspecified atom stereocenters. The molecule has 4 N–H and O–H groups in total. The van der Waals surface area contributed by atoms with Gasteiger partial charge < -0.3 is 34.5 Å². The fourth-order valence-corrected chi connectivity index (χ4v) is 9.93. The molecule has 364 valence electrons. The molecule has 3 fully saturated rings. The number of carbonyl (C=O) groups excluding carboxylic acids is 2. The highest BCUT2D eigenvalue weighted by Crippen LogP contribution is 2.43. The number of aliphatic hydroxyl groups excluding tert-OH is 1. The normalized spacial score (nSPS) is 19.3. The van der Waals surface area contributed by atoms with Crippen LogP contribution in [0.3, 0.4) is 0 Å². The van der Waals surface area contributed by atoms with Gasteiger partial charge in [0.2, 0.25) is 0 Å². The van der Waals surface area contributed by atoms with Gasteiger partial charge in [0.25, 0.3) is 12.3 Å². The number of fused-ring (bicyclic) bond motifs is 2. The number of carbonyl (C=O) groups is 3. The zero-order valence-corrected chi connectivity index (χ0v) is 40.3. The number of hydrogen-bond acceptors (Lipinski definition) is 10. The van der Waals surface area contributed by atoms with Crippen molar-refractivity contribution in [1.29, 1.82) is 0 Å². The van der Waals surface area contributed by atoms with Crippen LogP contribution >= 0.6 is 0 Å². The monoisotopic (exact) mass is 930 g/mol. The molecule has 0 saturated carbocycles. The van der Waals surface area contributed by atoms with E-state index in [0.717, 1.165) is 65.3 Å². The number of methoxy groups -OCH3 is 1. The van der Waals surface area contributed by atoms with E-state index in [1.54, 1.807) is 33.9 Å². The lowest BCUT2D eigenvalue weighted by Gasteiger charge is -2.45. The summed E-state index contributed by atoms with van der Waals surface area (Å²) in [6.45, 7) is 17.9. The summed E-state index contributed by atoms with van der Waals surface area (Å²) < 4.78 is 43.5. The topological polar surface area (TPSA) is 162 Å². The number of piperazine rings is 1. The van der Waals surface area contributed by atoms with Crippen molar-refractivity contribution in [1.82, 2.24) is 30.2 Å². The van der Waals surface area contributed by atoms with Gasteiger partial charge in [-0.3, -0.25) is 24.5 Å². The zero-order valence-electron chi connectivity index (χ0n) is 40.3. The van der Waals surface area contributed by atoms with Crippen LogP contribution < -0.4 is 15.6 Å². The third-order valence-corrected chi connectivity index (χ3v) is 13.4. The molecule has 5 heterocycles. The van der Waals surface area contributed by atoms with Gasteiger partial charge in [-0.25, -0.2) is 19.0 Å². The minimum Gasteiger partial charge on any atom is -0.480 e. The molecule has 0 spiro atoms. The van der Waals surface area contributed by atoms with Crippen molar-refractivity contribution in [2.24, 2.45) is 5.41 Å². The number of halogens is 2. The second kappa shape index (κ2) is 20.6. The van der Waals surface area contributed by atoms with Crippen molar-refractivity contribution < 1.29 is 42.9 Å². The quantitative estimate of drug-likeness (QED) is 0.0908. The summed E-state index contributed by atoms with van der Waals surface area (Å²) in [6, 6.07) is 10.9. The van der Waals surface area contributed by atoms with Crippen LogP contribution in [0.2, 0.25) is 0 Å². The number of nitrogens with one attached hydrogen (secondary N) is 2. The van der Waals surface area contributed by atoms with Crippen LogP contribution in [0.5, 0.6) is 0 Å². The number of nitrogens with zero attached hydrogens (tertiary/aromatic N) is 5. The van der Waals surface area contributed by atoms with E-state index in [1.165, 1.54) is 36.4 Å². The summed E-state index contributed by atoms with van der Waals surface area (Å²) in [7, 11) is 1.68. The molecule has 2 aromatic heterocycles. The maximum absolute atomic E-state index is 14.9. The Balaban J connectivity index is 1.34. The minimum atomic E-state index is -2.86. The van der Waals surface area contributed by atoms with Gasteiger partial charge in [0, 0.05) is 80.9 Å². The molecule has 7 rings (SSSR count). The first kappa shape index (κ1) is 49.7. The summed E-state index contributed by atoms with van der Waals surface area (Å²) in [6.07, 6.45) is 2.58. The van der Waals surface area contributed by atoms with E-state index in [9.17, 15) is 33.4 Å². The number of hydrazine groups is 1. The molecule has 14 nitrogen and oxygen atoms in total. The number of piperidine rings is 1. The van der Waals surface area contributed by atoms with Crippen LogP contribution in [0.15, 0.2) is 48.7 Å². The predicted octanol–water partition coefficient (Wildman–Crippen LogP) is 8.29. The number of pyridine rings is 1. The number of carboxylic acid groups (broad SMARTS) is 1. The molecular formula is C51H69F2N7O7. The van der Waals surface area contributed by atoms with Gasteiger partial charge in [0.15, 0.2) is 0 Å². The molecule has 3 aliphatic rings. The lowest BCUT2D eigenvalue weighted by Crippen LogP contribution is -2.60. The van der Waals surface area contributed by atoms with Crippen LogP contribution in [0.4, 0.5) is 19.3 Å². The fraction of sp³-hybridized carbons (Fsp3) is 0.569. The van der Waals surface area contributed by atoms with Gasteiger partial charge in [-0.2, -0.15) is 0 Å². The number of alkyl halides is 2. The summed E-state index contributed by atoms with van der Waals surface area (Å²) >= 11 is 0. The van der Waals surface area contributed by atoms with Gasteiger partial charge in [0.1, 0.15) is 17.7 Å². The average molecular weight is 930 g/mol. The molecule has 4 atom stereocenters. The van der Waals surface area contributed by atoms with Gasteiger partial charge in [-0.15, -0.1) is 0 Å². The lowest BCUT2D eigenvalue weighted by atomic mass is 9.84. The van der Waals surface area contributed by atoms with Crippen molar-refractivity contribution in [2.75, 3.05) is 51.3 Å². The number of aliphatic hydroxyl groups is 1. The minimum absolute atomic E-state index is 0.0723. The Morgan fingerprint density at radius 2 is 1.75 bits per heavy atom. The first-order valence-electron chi connectivity index (χ1n) is 23.8. The van der Waals surface area contributed by atoms with Crippen LogP contribution in [0, 0.1) is 5.41 Å². The fourth-order valence-electron chi connectivity index (χ4n) is 9.93. The molecular weight excluding hydrogens is 861 g/mol. The maximum Gasteiger partial charge on any atom is 0.408 e. The van der Waals surface area contributed by atoms with Crippen molar-refractivity contribution in [2.45, 2.75) is 136 Å². The van der Waals surface area contributed by atoms with Crippen molar-refractivity contribution in [3.63, 3.8) is 0 Å². The lowest BCUT2D eigenvalue weighted by molar-refractivity contribution is -0.147. The van der Waals surface area contributed by atoms with E-state index in [0.29, 0.717) is 48.5 Å². The first-order chi connectivity index (χ1) is 31.8. The number of rotatable bonds is 15. The number of hydrogen-bond donors (Lipinski definition) is 4. The Kier molecular flexibility index (Phi) is 15.3. The smallest absolute Gasteiger partial charge is 0.408 e. The van der Waals surface area contributed by atoms with E-state index in [-0.39, 0.29) is 31.2 Å². The first-order valence-corrected chi connectivity index (χ1v) is 23.8. The number of carboxylic acids is 1. The van der Waals surface area contributed by atoms with Gasteiger partial charge in [-0.1, -0.05) is 38.5 Å². The van der Waals surface area contributed by atoms with Crippen LogP contribution in [0.1, 0.15) is 115 Å². The number of aryl methyl sites for hydroxylation is 1. The number of amides is 2. The molecule has 2 aromatic carbocycles. The molecule has 16 heteroatoms. The molecule has 0 radical (unpaired) electrons. The Morgan fingerprint density at radius 3 is 2.43 bits per heavy atom. The van der Waals surface area contributed by atoms with E-state index in [2.05, 4.69) is 38.1 Å². The maximum atomic E-state index is 14.9. The second-order valence-corrected chi connectivity index (χ2v) is 20.3. The molecule has 2 amide bonds. The van der Waals surface area contributed by atoms with Crippen LogP contribution in [-0.2, 0) is 38.4 Å². The number of alkyl carbamates (subject to hydrolysis) is 1. The van der Waals surface area contributed by atoms with Gasteiger partial charge in [-0.05, 0) is 125 Å². The third kappa shape index (κ3) is 11.4. The van der Waals surface area contributed by atoms with Crippen molar-refractivity contribution in [3.8, 4) is 22.4 Å². The Labute approximate surface area is 393 Å². The number of aromatic nitrogens is 2. The van der Waals surface area contributed by atoms with Gasteiger partial charge in [0.05, 0.1) is 29.4 Å². The Hall–Kier alpha value is -5.16. The number of benzene rings is 2. The average Bonchev–Trinajstić information content (AvgIpc) is 3.60. The highest BCUT2D eigenvalue weighted by atomic mass is 19.3. The SMILES string of the molecule is CCn1c(-c2cc(N3CCN4CCCCC4C3)cnc2[C@H](C)OC)c(CC(C)(C)CO)c2cc(-c3cc(CC(NC(=O)OC(C)(C)C)C(=O)N4CCCC(C(=O)O)N4)cc(C(F)F)c3)ccc21. The summed E-state index contributed by atoms with van der Waals surface area (Å²) in [4.78, 5) is 49.3.